The van der Waals surface area contributed by atoms with Crippen molar-refractivity contribution < 1.29 is 13.9 Å². The van der Waals surface area contributed by atoms with Gasteiger partial charge in [0.1, 0.15) is 0 Å². The molecule has 96 valence electrons. The van der Waals surface area contributed by atoms with Crippen LogP contribution in [0.25, 0.3) is 10.8 Å². The van der Waals surface area contributed by atoms with Crippen LogP contribution in [0.2, 0.25) is 0 Å². The largest absolute Gasteiger partial charge is 0.395 e. The molecule has 1 N–H and O–H groups in total. The van der Waals surface area contributed by atoms with Gasteiger partial charge in [0.15, 0.2) is 5.82 Å². The van der Waals surface area contributed by atoms with E-state index in [1.165, 1.54) is 4.90 Å². The summed E-state index contributed by atoms with van der Waals surface area (Å²) < 4.78 is 25.0. The van der Waals surface area contributed by atoms with Crippen LogP contribution in [0, 0.1) is 0 Å². The van der Waals surface area contributed by atoms with Crippen molar-refractivity contribution in [2.75, 3.05) is 24.6 Å². The SMILES string of the molecule is OCCN(CC(F)F)c1nncc2ccccc12. The van der Waals surface area contributed by atoms with E-state index in [0.29, 0.717) is 5.82 Å². The molecule has 2 rings (SSSR count). The zero-order valence-corrected chi connectivity index (χ0v) is 9.63. The number of hydrogen-bond acceptors (Lipinski definition) is 4. The number of benzene rings is 1. The molecule has 0 saturated heterocycles. The topological polar surface area (TPSA) is 49.2 Å². The van der Waals surface area contributed by atoms with Gasteiger partial charge in [-0.15, -0.1) is 5.10 Å². The summed E-state index contributed by atoms with van der Waals surface area (Å²) in [6.07, 6.45) is -0.907. The second kappa shape index (κ2) is 5.68. The summed E-state index contributed by atoms with van der Waals surface area (Å²) in [7, 11) is 0. The summed E-state index contributed by atoms with van der Waals surface area (Å²) in [5.74, 6) is 0.377. The van der Waals surface area contributed by atoms with Gasteiger partial charge in [-0.1, -0.05) is 24.3 Å². The summed E-state index contributed by atoms with van der Waals surface area (Å²) in [5, 5.41) is 18.2. The summed E-state index contributed by atoms with van der Waals surface area (Å²) in [4.78, 5) is 1.35. The van der Waals surface area contributed by atoms with Crippen LogP contribution in [0.5, 0.6) is 0 Å². The zero-order chi connectivity index (χ0) is 13.0. The first-order valence-corrected chi connectivity index (χ1v) is 5.56. The van der Waals surface area contributed by atoms with E-state index in [2.05, 4.69) is 10.2 Å². The minimum absolute atomic E-state index is 0.104. The van der Waals surface area contributed by atoms with Gasteiger partial charge < -0.3 is 10.0 Å². The number of halogens is 2. The maximum Gasteiger partial charge on any atom is 0.255 e. The van der Waals surface area contributed by atoms with Gasteiger partial charge in [0.05, 0.1) is 19.3 Å². The second-order valence-corrected chi connectivity index (χ2v) is 3.82. The van der Waals surface area contributed by atoms with Gasteiger partial charge in [-0.25, -0.2) is 8.78 Å². The van der Waals surface area contributed by atoms with Crippen LogP contribution in [0.3, 0.4) is 0 Å². The molecule has 1 aromatic heterocycles. The molecular formula is C12H13F2N3O. The van der Waals surface area contributed by atoms with Crippen LogP contribution in [0.4, 0.5) is 14.6 Å². The predicted octanol–water partition coefficient (Wildman–Crippen LogP) is 1.69. The minimum Gasteiger partial charge on any atom is -0.395 e. The molecule has 0 bridgehead atoms. The third kappa shape index (κ3) is 2.70. The molecule has 0 atom stereocenters. The van der Waals surface area contributed by atoms with Crippen LogP contribution < -0.4 is 4.90 Å². The zero-order valence-electron chi connectivity index (χ0n) is 9.63. The molecule has 1 heterocycles. The standard InChI is InChI=1S/C12H13F2N3O/c13-11(14)8-17(5-6-18)12-10-4-2-1-3-9(10)7-15-16-12/h1-4,7,11,18H,5-6,8H2. The Morgan fingerprint density at radius 2 is 2.06 bits per heavy atom. The Morgan fingerprint density at radius 3 is 2.78 bits per heavy atom. The quantitative estimate of drug-likeness (QED) is 0.881. The normalized spacial score (nSPS) is 11.1. The molecule has 0 saturated carbocycles. The maximum absolute atomic E-state index is 12.5. The van der Waals surface area contributed by atoms with Gasteiger partial charge in [0, 0.05) is 17.3 Å². The molecule has 0 spiro atoms. The highest BCUT2D eigenvalue weighted by Gasteiger charge is 2.16. The van der Waals surface area contributed by atoms with E-state index >= 15 is 0 Å². The van der Waals surface area contributed by atoms with Crippen molar-refractivity contribution in [3.63, 3.8) is 0 Å². The van der Waals surface area contributed by atoms with Crippen molar-refractivity contribution in [2.45, 2.75) is 6.43 Å². The average molecular weight is 253 g/mol. The number of aromatic nitrogens is 2. The molecule has 6 heteroatoms. The number of aliphatic hydroxyl groups is 1. The smallest absolute Gasteiger partial charge is 0.255 e. The summed E-state index contributed by atoms with van der Waals surface area (Å²) >= 11 is 0. The number of aliphatic hydroxyl groups excluding tert-OH is 1. The number of anilines is 1. The number of nitrogens with zero attached hydrogens (tertiary/aromatic N) is 3. The molecule has 1 aromatic carbocycles. The number of rotatable bonds is 5. The fraction of sp³-hybridized carbons (Fsp3) is 0.333. The van der Waals surface area contributed by atoms with Crippen LogP contribution in [0.1, 0.15) is 0 Å². The van der Waals surface area contributed by atoms with Crippen molar-refractivity contribution in [1.82, 2.24) is 10.2 Å². The highest BCUT2D eigenvalue weighted by atomic mass is 19.3. The first-order valence-electron chi connectivity index (χ1n) is 5.56. The van der Waals surface area contributed by atoms with Gasteiger partial charge in [-0.3, -0.25) is 0 Å². The van der Waals surface area contributed by atoms with Crippen LogP contribution in [-0.2, 0) is 0 Å². The Balaban J connectivity index is 2.43. The molecule has 18 heavy (non-hydrogen) atoms. The fourth-order valence-corrected chi connectivity index (χ4v) is 1.82. The lowest BCUT2D eigenvalue weighted by Crippen LogP contribution is -2.32. The third-order valence-electron chi connectivity index (χ3n) is 2.58. The second-order valence-electron chi connectivity index (χ2n) is 3.82. The molecular weight excluding hydrogens is 240 g/mol. The molecule has 0 amide bonds. The van der Waals surface area contributed by atoms with Crippen molar-refractivity contribution in [2.24, 2.45) is 0 Å². The van der Waals surface area contributed by atoms with Gasteiger partial charge >= 0.3 is 0 Å². The van der Waals surface area contributed by atoms with Crippen LogP contribution in [-0.4, -0.2) is 41.4 Å². The van der Waals surface area contributed by atoms with E-state index in [1.54, 1.807) is 12.3 Å². The molecule has 0 radical (unpaired) electrons. The van der Waals surface area contributed by atoms with Crippen molar-refractivity contribution >= 4 is 16.6 Å². The van der Waals surface area contributed by atoms with Crippen molar-refractivity contribution in [3.8, 4) is 0 Å². The summed E-state index contributed by atoms with van der Waals surface area (Å²) in [6, 6.07) is 7.30. The van der Waals surface area contributed by atoms with Crippen LogP contribution in [0.15, 0.2) is 30.5 Å². The highest BCUT2D eigenvalue weighted by Crippen LogP contribution is 2.23. The lowest BCUT2D eigenvalue weighted by atomic mass is 10.2. The first kappa shape index (κ1) is 12.6. The van der Waals surface area contributed by atoms with Gasteiger partial charge in [-0.2, -0.15) is 5.10 Å². The molecule has 0 unspecified atom stereocenters. The average Bonchev–Trinajstić information content (AvgIpc) is 2.37. The van der Waals surface area contributed by atoms with E-state index in [4.69, 9.17) is 5.11 Å². The maximum atomic E-state index is 12.5. The van der Waals surface area contributed by atoms with E-state index in [0.717, 1.165) is 10.8 Å². The summed E-state index contributed by atoms with van der Waals surface area (Å²) in [5.41, 5.74) is 0. The fourth-order valence-electron chi connectivity index (χ4n) is 1.82. The molecule has 0 aliphatic carbocycles. The van der Waals surface area contributed by atoms with Gasteiger partial charge in [0.25, 0.3) is 6.43 Å². The van der Waals surface area contributed by atoms with Gasteiger partial charge in [-0.05, 0) is 0 Å². The first-order chi connectivity index (χ1) is 8.72. The Labute approximate surface area is 103 Å². The Bertz CT molecular complexity index is 516. The van der Waals surface area contributed by atoms with E-state index in [9.17, 15) is 8.78 Å². The van der Waals surface area contributed by atoms with Crippen molar-refractivity contribution in [3.05, 3.63) is 30.5 Å². The molecule has 0 fully saturated rings. The Hall–Kier alpha value is -1.82. The minimum atomic E-state index is -2.49. The number of hydrogen-bond donors (Lipinski definition) is 1. The lowest BCUT2D eigenvalue weighted by molar-refractivity contribution is 0.152. The molecule has 0 aliphatic rings. The Morgan fingerprint density at radius 1 is 1.28 bits per heavy atom. The predicted molar refractivity (Wildman–Crippen MR) is 64.8 cm³/mol. The monoisotopic (exact) mass is 253 g/mol. The number of fused-ring (bicyclic) bond motifs is 1. The van der Waals surface area contributed by atoms with Gasteiger partial charge in [0.2, 0.25) is 0 Å². The van der Waals surface area contributed by atoms with E-state index in [-0.39, 0.29) is 13.2 Å². The van der Waals surface area contributed by atoms with Crippen LogP contribution >= 0.6 is 0 Å². The molecule has 4 nitrogen and oxygen atoms in total. The lowest BCUT2D eigenvalue weighted by Gasteiger charge is -2.22. The van der Waals surface area contributed by atoms with E-state index in [1.807, 2.05) is 18.2 Å². The van der Waals surface area contributed by atoms with E-state index < -0.39 is 13.0 Å². The molecule has 0 aliphatic heterocycles. The Kier molecular flexibility index (Phi) is 3.99. The summed E-state index contributed by atoms with van der Waals surface area (Å²) in [6.45, 7) is -0.575. The third-order valence-corrected chi connectivity index (χ3v) is 2.58. The number of alkyl halides is 2. The highest BCUT2D eigenvalue weighted by molar-refractivity contribution is 5.91. The molecule has 2 aromatic rings. The van der Waals surface area contributed by atoms with Crippen molar-refractivity contribution in [1.29, 1.82) is 0 Å².